The fraction of sp³-hybridized carbons (Fsp3) is 0.875. The van der Waals surface area contributed by atoms with Gasteiger partial charge in [-0.2, -0.15) is 0 Å². The van der Waals surface area contributed by atoms with Crippen molar-refractivity contribution < 1.29 is 9.59 Å². The van der Waals surface area contributed by atoms with Gasteiger partial charge >= 0.3 is 0 Å². The molecule has 4 nitrogen and oxygen atoms in total. The second-order valence-corrected chi connectivity index (χ2v) is 8.06. The van der Waals surface area contributed by atoms with Crippen molar-refractivity contribution in [2.24, 2.45) is 10.8 Å². The summed E-state index contributed by atoms with van der Waals surface area (Å²) in [7, 11) is 0. The van der Waals surface area contributed by atoms with Crippen molar-refractivity contribution in [2.75, 3.05) is 6.54 Å². The molecule has 0 aromatic carbocycles. The summed E-state index contributed by atoms with van der Waals surface area (Å²) >= 11 is 0. The molecule has 1 saturated carbocycles. The minimum absolute atomic E-state index is 0.0161. The van der Waals surface area contributed by atoms with Crippen molar-refractivity contribution in [3.05, 3.63) is 0 Å². The lowest BCUT2D eigenvalue weighted by Gasteiger charge is -2.49. The number of hydrogen-bond donors (Lipinski definition) is 1. The summed E-state index contributed by atoms with van der Waals surface area (Å²) in [6, 6.07) is -0.134. The molecule has 2 aliphatic rings. The predicted molar refractivity (Wildman–Crippen MR) is 79.1 cm³/mol. The summed E-state index contributed by atoms with van der Waals surface area (Å²) in [6.07, 6.45) is 3.82. The van der Waals surface area contributed by atoms with Crippen LogP contribution in [-0.4, -0.2) is 35.3 Å². The van der Waals surface area contributed by atoms with Gasteiger partial charge in [-0.25, -0.2) is 0 Å². The van der Waals surface area contributed by atoms with Crippen molar-refractivity contribution >= 4 is 11.8 Å². The lowest BCUT2D eigenvalue weighted by atomic mass is 9.63. The summed E-state index contributed by atoms with van der Waals surface area (Å²) in [6.45, 7) is 11.3. The van der Waals surface area contributed by atoms with Gasteiger partial charge in [-0.3, -0.25) is 9.59 Å². The highest BCUT2D eigenvalue weighted by molar-refractivity contribution is 5.95. The highest BCUT2D eigenvalue weighted by atomic mass is 16.2. The van der Waals surface area contributed by atoms with Crippen LogP contribution in [0.25, 0.3) is 0 Å². The molecule has 0 aromatic rings. The molecule has 1 aliphatic heterocycles. The fourth-order valence-electron chi connectivity index (χ4n) is 4.33. The summed E-state index contributed by atoms with van der Waals surface area (Å²) in [4.78, 5) is 26.2. The maximum absolute atomic E-state index is 12.5. The average molecular weight is 280 g/mol. The van der Waals surface area contributed by atoms with Crippen LogP contribution in [0.1, 0.15) is 60.3 Å². The molecule has 1 heterocycles. The number of nitrogens with one attached hydrogen (secondary N) is 1. The number of hydrogen-bond acceptors (Lipinski definition) is 2. The quantitative estimate of drug-likeness (QED) is 0.844. The first-order valence-electron chi connectivity index (χ1n) is 7.73. The van der Waals surface area contributed by atoms with Gasteiger partial charge in [0, 0.05) is 6.04 Å². The van der Waals surface area contributed by atoms with Crippen LogP contribution < -0.4 is 5.32 Å². The van der Waals surface area contributed by atoms with Gasteiger partial charge in [-0.1, -0.05) is 34.6 Å². The molecule has 0 radical (unpaired) electrons. The van der Waals surface area contributed by atoms with Crippen molar-refractivity contribution in [1.82, 2.24) is 10.2 Å². The number of rotatable bonds is 2. The molecule has 1 unspecified atom stereocenters. The Morgan fingerprint density at radius 1 is 1.15 bits per heavy atom. The van der Waals surface area contributed by atoms with Gasteiger partial charge in [-0.15, -0.1) is 0 Å². The van der Waals surface area contributed by atoms with Crippen molar-refractivity contribution in [2.45, 2.75) is 72.4 Å². The Balaban J connectivity index is 2.20. The van der Waals surface area contributed by atoms with Gasteiger partial charge in [0.2, 0.25) is 11.8 Å². The van der Waals surface area contributed by atoms with E-state index in [4.69, 9.17) is 0 Å². The summed E-state index contributed by atoms with van der Waals surface area (Å²) in [5, 5.41) is 2.80. The normalized spacial score (nSPS) is 30.2. The first-order valence-corrected chi connectivity index (χ1v) is 7.73. The SMILES string of the molecule is CCC1NC(=O)CN(C2CC(C)(C)CC(C)(C)C2)C1=O. The van der Waals surface area contributed by atoms with Crippen LogP contribution in [0.5, 0.6) is 0 Å². The third kappa shape index (κ3) is 3.15. The molecule has 1 aliphatic carbocycles. The van der Waals surface area contributed by atoms with E-state index in [1.54, 1.807) is 0 Å². The maximum Gasteiger partial charge on any atom is 0.245 e. The Hall–Kier alpha value is -1.06. The van der Waals surface area contributed by atoms with E-state index in [1.807, 2.05) is 11.8 Å². The van der Waals surface area contributed by atoms with Crippen molar-refractivity contribution in [3.63, 3.8) is 0 Å². The minimum atomic E-state index is -0.329. The van der Waals surface area contributed by atoms with E-state index in [0.29, 0.717) is 6.42 Å². The summed E-state index contributed by atoms with van der Waals surface area (Å²) in [5.74, 6) is 0.0863. The van der Waals surface area contributed by atoms with E-state index in [-0.39, 0.29) is 41.3 Å². The van der Waals surface area contributed by atoms with E-state index in [9.17, 15) is 9.59 Å². The highest BCUT2D eigenvalue weighted by Gasteiger charge is 2.44. The van der Waals surface area contributed by atoms with Crippen molar-refractivity contribution in [1.29, 1.82) is 0 Å². The van der Waals surface area contributed by atoms with Crippen molar-refractivity contribution in [3.8, 4) is 0 Å². The standard InChI is InChI=1S/C16H28N2O2/c1-6-12-14(20)18(9-13(19)17-12)11-7-15(2,3)10-16(4,5)8-11/h11-12H,6-10H2,1-5H3,(H,17,19). The summed E-state index contributed by atoms with van der Waals surface area (Å²) < 4.78 is 0. The molecule has 1 saturated heterocycles. The Labute approximate surface area is 122 Å². The van der Waals surface area contributed by atoms with Crippen LogP contribution in [0.2, 0.25) is 0 Å². The van der Waals surface area contributed by atoms with Gasteiger partial charge in [0.25, 0.3) is 0 Å². The highest BCUT2D eigenvalue weighted by Crippen LogP contribution is 2.47. The molecule has 1 atom stereocenters. The molecule has 0 aromatic heterocycles. The lowest BCUT2D eigenvalue weighted by Crippen LogP contribution is -2.62. The zero-order valence-corrected chi connectivity index (χ0v) is 13.5. The molecule has 2 amide bonds. The third-order valence-corrected chi connectivity index (χ3v) is 4.61. The number of piperazine rings is 1. The molecule has 2 fully saturated rings. The first-order chi connectivity index (χ1) is 9.13. The van der Waals surface area contributed by atoms with Crippen LogP contribution in [-0.2, 0) is 9.59 Å². The van der Waals surface area contributed by atoms with Gasteiger partial charge in [0.05, 0.1) is 6.54 Å². The largest absolute Gasteiger partial charge is 0.343 e. The van der Waals surface area contributed by atoms with Gasteiger partial charge in [0.1, 0.15) is 6.04 Å². The maximum atomic E-state index is 12.5. The predicted octanol–water partition coefficient (Wildman–Crippen LogP) is 2.33. The topological polar surface area (TPSA) is 49.4 Å². The van der Waals surface area contributed by atoms with Gasteiger partial charge in [-0.05, 0) is 36.5 Å². The Kier molecular flexibility index (Phi) is 3.87. The Bertz CT molecular complexity index is 399. The van der Waals surface area contributed by atoms with E-state index in [2.05, 4.69) is 33.0 Å². The lowest BCUT2D eigenvalue weighted by molar-refractivity contribution is -0.149. The third-order valence-electron chi connectivity index (χ3n) is 4.61. The average Bonchev–Trinajstić information content (AvgIpc) is 2.27. The van der Waals surface area contributed by atoms with Gasteiger partial charge in [0.15, 0.2) is 0 Å². The number of carbonyl (C=O) groups is 2. The monoisotopic (exact) mass is 280 g/mol. The smallest absolute Gasteiger partial charge is 0.245 e. The fourth-order valence-corrected chi connectivity index (χ4v) is 4.33. The zero-order chi connectivity index (χ0) is 15.1. The van der Waals surface area contributed by atoms with Gasteiger partial charge < -0.3 is 10.2 Å². The number of amides is 2. The minimum Gasteiger partial charge on any atom is -0.343 e. The van der Waals surface area contributed by atoms with Crippen LogP contribution in [0.3, 0.4) is 0 Å². The second-order valence-electron chi connectivity index (χ2n) is 8.06. The van der Waals surface area contributed by atoms with Crippen LogP contribution >= 0.6 is 0 Å². The Morgan fingerprint density at radius 3 is 2.20 bits per heavy atom. The van der Waals surface area contributed by atoms with Crippen LogP contribution in [0, 0.1) is 10.8 Å². The molecule has 0 spiro atoms. The van der Waals surface area contributed by atoms with Crippen LogP contribution in [0.4, 0.5) is 0 Å². The molecule has 114 valence electrons. The van der Waals surface area contributed by atoms with E-state index in [1.165, 1.54) is 6.42 Å². The molecule has 4 heteroatoms. The van der Waals surface area contributed by atoms with E-state index in [0.717, 1.165) is 12.8 Å². The molecule has 1 N–H and O–H groups in total. The molecular weight excluding hydrogens is 252 g/mol. The second kappa shape index (κ2) is 5.05. The molecule has 2 rings (SSSR count). The number of carbonyl (C=O) groups excluding carboxylic acids is 2. The number of nitrogens with zero attached hydrogens (tertiary/aromatic N) is 1. The Morgan fingerprint density at radius 2 is 1.70 bits per heavy atom. The summed E-state index contributed by atoms with van der Waals surface area (Å²) in [5.41, 5.74) is 0.449. The molecule has 0 bridgehead atoms. The molecule has 20 heavy (non-hydrogen) atoms. The zero-order valence-electron chi connectivity index (χ0n) is 13.5. The first kappa shape index (κ1) is 15.3. The molecular formula is C16H28N2O2. The van der Waals surface area contributed by atoms with E-state index < -0.39 is 0 Å². The van der Waals surface area contributed by atoms with Crippen LogP contribution in [0.15, 0.2) is 0 Å². The van der Waals surface area contributed by atoms with E-state index >= 15 is 0 Å².